The van der Waals surface area contributed by atoms with Crippen molar-refractivity contribution < 1.29 is 23.8 Å². The Morgan fingerprint density at radius 3 is 2.65 bits per heavy atom. The molecule has 0 bridgehead atoms. The summed E-state index contributed by atoms with van der Waals surface area (Å²) in [5, 5.41) is 11.5. The van der Waals surface area contributed by atoms with Crippen LogP contribution in [0.2, 0.25) is 5.02 Å². The zero-order chi connectivity index (χ0) is 16.8. The first kappa shape index (κ1) is 16.8. The summed E-state index contributed by atoms with van der Waals surface area (Å²) in [4.78, 5) is 22.8. The fourth-order valence-corrected chi connectivity index (χ4v) is 2.02. The number of carbonyl (C=O) groups excluding carboxylic acids is 1. The van der Waals surface area contributed by atoms with Crippen LogP contribution in [0.5, 0.6) is 5.75 Å². The zero-order valence-electron chi connectivity index (χ0n) is 11.9. The molecule has 7 heteroatoms. The predicted octanol–water partition coefficient (Wildman–Crippen LogP) is 2.87. The van der Waals surface area contributed by atoms with Crippen molar-refractivity contribution in [1.82, 2.24) is 5.32 Å². The SMILES string of the molecule is O=C(O)COc1cc(Cl)ccc1C(=O)NCc1ccccc1F. The Labute approximate surface area is 136 Å². The summed E-state index contributed by atoms with van der Waals surface area (Å²) in [5.41, 5.74) is 0.454. The lowest BCUT2D eigenvalue weighted by atomic mass is 10.1. The molecule has 0 aliphatic heterocycles. The Hall–Kier alpha value is -2.60. The first-order valence-corrected chi connectivity index (χ1v) is 7.01. The van der Waals surface area contributed by atoms with Crippen LogP contribution in [0.15, 0.2) is 42.5 Å². The number of ether oxygens (including phenoxy) is 1. The molecule has 0 radical (unpaired) electrons. The second-order valence-corrected chi connectivity index (χ2v) is 5.03. The lowest BCUT2D eigenvalue weighted by Gasteiger charge is -2.11. The van der Waals surface area contributed by atoms with E-state index in [1.165, 1.54) is 24.3 Å². The average Bonchev–Trinajstić information content (AvgIpc) is 2.52. The van der Waals surface area contributed by atoms with Crippen LogP contribution < -0.4 is 10.1 Å². The van der Waals surface area contributed by atoms with Crippen molar-refractivity contribution in [3.05, 3.63) is 64.4 Å². The quantitative estimate of drug-likeness (QED) is 0.850. The van der Waals surface area contributed by atoms with E-state index in [4.69, 9.17) is 21.4 Å². The van der Waals surface area contributed by atoms with Gasteiger partial charge in [0.15, 0.2) is 6.61 Å². The van der Waals surface area contributed by atoms with Crippen molar-refractivity contribution in [2.24, 2.45) is 0 Å². The number of hydrogen-bond acceptors (Lipinski definition) is 3. The van der Waals surface area contributed by atoms with E-state index < -0.39 is 24.3 Å². The molecule has 0 aliphatic rings. The molecule has 2 aromatic carbocycles. The molecule has 0 aliphatic carbocycles. The molecule has 0 heterocycles. The Morgan fingerprint density at radius 1 is 1.22 bits per heavy atom. The number of halogens is 2. The number of aliphatic carboxylic acids is 1. The first-order valence-electron chi connectivity index (χ1n) is 6.63. The topological polar surface area (TPSA) is 75.6 Å². The minimum absolute atomic E-state index is 0.00744. The number of hydrogen-bond donors (Lipinski definition) is 2. The third kappa shape index (κ3) is 4.69. The number of rotatable bonds is 6. The van der Waals surface area contributed by atoms with Gasteiger partial charge in [0, 0.05) is 17.1 Å². The van der Waals surface area contributed by atoms with Gasteiger partial charge in [-0.3, -0.25) is 4.79 Å². The summed E-state index contributed by atoms with van der Waals surface area (Å²) in [6.45, 7) is -0.611. The fourth-order valence-electron chi connectivity index (χ4n) is 1.86. The van der Waals surface area contributed by atoms with Gasteiger partial charge in [-0.05, 0) is 24.3 Å². The highest BCUT2D eigenvalue weighted by Gasteiger charge is 2.14. The standard InChI is InChI=1S/C16H13ClFNO4/c17-11-5-6-12(14(7-11)23-9-15(20)21)16(22)19-8-10-3-1-2-4-13(10)18/h1-7H,8-9H2,(H,19,22)(H,20,21). The van der Waals surface area contributed by atoms with E-state index in [1.54, 1.807) is 18.2 Å². The molecule has 0 unspecified atom stereocenters. The van der Waals surface area contributed by atoms with Crippen molar-refractivity contribution in [1.29, 1.82) is 0 Å². The molecule has 2 aromatic rings. The molecule has 0 saturated heterocycles. The van der Waals surface area contributed by atoms with Crippen molar-refractivity contribution >= 4 is 23.5 Å². The van der Waals surface area contributed by atoms with Crippen LogP contribution in [0.25, 0.3) is 0 Å². The van der Waals surface area contributed by atoms with E-state index >= 15 is 0 Å². The summed E-state index contributed by atoms with van der Waals surface area (Å²) >= 11 is 5.82. The predicted molar refractivity (Wildman–Crippen MR) is 82.2 cm³/mol. The lowest BCUT2D eigenvalue weighted by Crippen LogP contribution is -2.24. The van der Waals surface area contributed by atoms with Crippen molar-refractivity contribution in [2.45, 2.75) is 6.54 Å². The average molecular weight is 338 g/mol. The van der Waals surface area contributed by atoms with Gasteiger partial charge < -0.3 is 15.2 Å². The molecule has 2 N–H and O–H groups in total. The smallest absolute Gasteiger partial charge is 0.341 e. The maximum Gasteiger partial charge on any atom is 0.341 e. The summed E-state index contributed by atoms with van der Waals surface area (Å²) in [5.74, 6) is -2.08. The van der Waals surface area contributed by atoms with E-state index in [1.807, 2.05) is 0 Å². The first-order chi connectivity index (χ1) is 11.0. The van der Waals surface area contributed by atoms with Gasteiger partial charge in [0.2, 0.25) is 0 Å². The second kappa shape index (κ2) is 7.60. The van der Waals surface area contributed by atoms with E-state index in [0.29, 0.717) is 10.6 Å². The second-order valence-electron chi connectivity index (χ2n) is 4.60. The Kier molecular flexibility index (Phi) is 5.54. The lowest BCUT2D eigenvalue weighted by molar-refractivity contribution is -0.139. The van der Waals surface area contributed by atoms with Gasteiger partial charge in [-0.25, -0.2) is 9.18 Å². The van der Waals surface area contributed by atoms with Gasteiger partial charge in [0.25, 0.3) is 5.91 Å². The fraction of sp³-hybridized carbons (Fsp3) is 0.125. The highest BCUT2D eigenvalue weighted by molar-refractivity contribution is 6.30. The van der Waals surface area contributed by atoms with Crippen LogP contribution >= 0.6 is 11.6 Å². The molecule has 23 heavy (non-hydrogen) atoms. The number of carbonyl (C=O) groups is 2. The molecule has 0 aromatic heterocycles. The van der Waals surface area contributed by atoms with Crippen molar-refractivity contribution in [3.63, 3.8) is 0 Å². The zero-order valence-corrected chi connectivity index (χ0v) is 12.6. The Morgan fingerprint density at radius 2 is 1.96 bits per heavy atom. The largest absolute Gasteiger partial charge is 0.481 e. The van der Waals surface area contributed by atoms with Crippen molar-refractivity contribution in [3.8, 4) is 5.75 Å². The van der Waals surface area contributed by atoms with Crippen LogP contribution in [0.1, 0.15) is 15.9 Å². The van der Waals surface area contributed by atoms with Crippen LogP contribution in [0.4, 0.5) is 4.39 Å². The Balaban J connectivity index is 2.12. The summed E-state index contributed by atoms with van der Waals surface area (Å²) < 4.78 is 18.6. The van der Waals surface area contributed by atoms with Crippen LogP contribution in [0.3, 0.4) is 0 Å². The molecule has 0 atom stereocenters. The molecule has 1 amide bonds. The van der Waals surface area contributed by atoms with E-state index in [9.17, 15) is 14.0 Å². The summed E-state index contributed by atoms with van der Waals surface area (Å²) in [7, 11) is 0. The van der Waals surface area contributed by atoms with E-state index in [0.717, 1.165) is 0 Å². The minimum Gasteiger partial charge on any atom is -0.481 e. The van der Waals surface area contributed by atoms with Gasteiger partial charge in [0.05, 0.1) is 5.56 Å². The van der Waals surface area contributed by atoms with Gasteiger partial charge in [-0.1, -0.05) is 29.8 Å². The molecule has 2 rings (SSSR count). The number of carboxylic acids is 1. The Bertz CT molecular complexity index is 736. The molecule has 120 valence electrons. The maximum absolute atomic E-state index is 13.5. The third-order valence-corrected chi connectivity index (χ3v) is 3.17. The molecular formula is C16H13ClFNO4. The van der Waals surface area contributed by atoms with Crippen LogP contribution in [-0.4, -0.2) is 23.6 Å². The van der Waals surface area contributed by atoms with Crippen LogP contribution in [-0.2, 0) is 11.3 Å². The van der Waals surface area contributed by atoms with Crippen molar-refractivity contribution in [2.75, 3.05) is 6.61 Å². The highest BCUT2D eigenvalue weighted by Crippen LogP contribution is 2.23. The molecule has 0 spiro atoms. The molecule has 0 fully saturated rings. The number of nitrogens with one attached hydrogen (secondary N) is 1. The van der Waals surface area contributed by atoms with Gasteiger partial charge in [-0.2, -0.15) is 0 Å². The van der Waals surface area contributed by atoms with E-state index in [-0.39, 0.29) is 17.9 Å². The third-order valence-electron chi connectivity index (χ3n) is 2.94. The van der Waals surface area contributed by atoms with Gasteiger partial charge in [-0.15, -0.1) is 0 Å². The van der Waals surface area contributed by atoms with E-state index in [2.05, 4.69) is 5.32 Å². The number of benzene rings is 2. The molecule has 5 nitrogen and oxygen atoms in total. The summed E-state index contributed by atoms with van der Waals surface area (Å²) in [6.07, 6.45) is 0. The molecule has 0 saturated carbocycles. The van der Waals surface area contributed by atoms with Gasteiger partial charge >= 0.3 is 5.97 Å². The van der Waals surface area contributed by atoms with Crippen LogP contribution in [0, 0.1) is 5.82 Å². The normalized spacial score (nSPS) is 10.2. The monoisotopic (exact) mass is 337 g/mol. The minimum atomic E-state index is -1.18. The number of carboxylic acid groups (broad SMARTS) is 1. The summed E-state index contributed by atoms with van der Waals surface area (Å²) in [6, 6.07) is 10.3. The maximum atomic E-state index is 13.5. The number of amides is 1. The molecular weight excluding hydrogens is 325 g/mol. The highest BCUT2D eigenvalue weighted by atomic mass is 35.5. The van der Waals surface area contributed by atoms with Gasteiger partial charge in [0.1, 0.15) is 11.6 Å².